The van der Waals surface area contributed by atoms with E-state index < -0.39 is 0 Å². The molecule has 27 heavy (non-hydrogen) atoms. The highest BCUT2D eigenvalue weighted by molar-refractivity contribution is 7.10. The molecule has 7 heteroatoms. The van der Waals surface area contributed by atoms with Crippen LogP contribution >= 0.6 is 11.3 Å². The first-order chi connectivity index (χ1) is 13.2. The van der Waals surface area contributed by atoms with Crippen LogP contribution in [0.15, 0.2) is 40.7 Å². The Morgan fingerprint density at radius 3 is 2.96 bits per heavy atom. The summed E-state index contributed by atoms with van der Waals surface area (Å²) < 4.78 is 13.2. The van der Waals surface area contributed by atoms with E-state index in [9.17, 15) is 9.18 Å². The lowest BCUT2D eigenvalue weighted by Crippen LogP contribution is -2.41. The number of rotatable bonds is 6. The Morgan fingerprint density at radius 2 is 2.15 bits per heavy atom. The molecule has 144 valence electrons. The highest BCUT2D eigenvalue weighted by Gasteiger charge is 2.20. The number of halogens is 1. The van der Waals surface area contributed by atoms with Crippen molar-refractivity contribution >= 4 is 23.2 Å². The molecule has 5 nitrogen and oxygen atoms in total. The highest BCUT2D eigenvalue weighted by atomic mass is 32.1. The van der Waals surface area contributed by atoms with E-state index in [-0.39, 0.29) is 11.7 Å². The van der Waals surface area contributed by atoms with Crippen LogP contribution in [0.1, 0.15) is 22.4 Å². The molecule has 1 aliphatic heterocycles. The van der Waals surface area contributed by atoms with Crippen LogP contribution in [-0.4, -0.2) is 43.4 Å². The SMILES string of the molecule is CN=C(NCCC(=O)N1CCc2sccc2C1)NCCc1cccc(F)c1. The van der Waals surface area contributed by atoms with Crippen LogP contribution in [-0.2, 0) is 24.2 Å². The van der Waals surface area contributed by atoms with Crippen molar-refractivity contribution < 1.29 is 9.18 Å². The molecule has 0 atom stereocenters. The van der Waals surface area contributed by atoms with E-state index in [0.717, 1.165) is 25.1 Å². The summed E-state index contributed by atoms with van der Waals surface area (Å²) in [6, 6.07) is 8.70. The Bertz CT molecular complexity index is 805. The normalized spacial score (nSPS) is 14.0. The molecule has 0 saturated heterocycles. The summed E-state index contributed by atoms with van der Waals surface area (Å²) in [5.74, 6) is 0.591. The van der Waals surface area contributed by atoms with Gasteiger partial charge >= 0.3 is 0 Å². The van der Waals surface area contributed by atoms with Gasteiger partial charge in [-0.25, -0.2) is 4.39 Å². The Morgan fingerprint density at radius 1 is 1.30 bits per heavy atom. The molecule has 1 aliphatic rings. The molecule has 0 saturated carbocycles. The van der Waals surface area contributed by atoms with Crippen molar-refractivity contribution in [3.05, 3.63) is 57.5 Å². The van der Waals surface area contributed by atoms with E-state index in [2.05, 4.69) is 27.1 Å². The number of nitrogens with zero attached hydrogens (tertiary/aromatic N) is 2. The molecular weight excluding hydrogens is 363 g/mol. The molecule has 0 unspecified atom stereocenters. The summed E-state index contributed by atoms with van der Waals surface area (Å²) in [6.07, 6.45) is 2.09. The Kier molecular flexibility index (Phi) is 6.81. The molecular formula is C20H25FN4OS. The molecule has 3 rings (SSSR count). The van der Waals surface area contributed by atoms with E-state index in [1.807, 2.05) is 11.0 Å². The minimum absolute atomic E-state index is 0.162. The Hall–Kier alpha value is -2.41. The van der Waals surface area contributed by atoms with Gasteiger partial charge < -0.3 is 15.5 Å². The molecule has 0 aliphatic carbocycles. The average molecular weight is 389 g/mol. The lowest BCUT2D eigenvalue weighted by molar-refractivity contribution is -0.131. The molecule has 2 aromatic rings. The van der Waals surface area contributed by atoms with Crippen LogP contribution in [0, 0.1) is 5.82 Å². The van der Waals surface area contributed by atoms with Crippen molar-refractivity contribution in [2.24, 2.45) is 4.99 Å². The standard InChI is InChI=1S/C20H25FN4OS/c1-22-20(23-9-5-15-3-2-4-17(21)13-15)24-10-6-19(26)25-11-7-18-16(14-25)8-12-27-18/h2-4,8,12-13H,5-7,9-11,14H2,1H3,(H2,22,23,24). The number of benzene rings is 1. The fraction of sp³-hybridized carbons (Fsp3) is 0.400. The maximum Gasteiger partial charge on any atom is 0.224 e. The van der Waals surface area contributed by atoms with Gasteiger partial charge in [0.1, 0.15) is 5.82 Å². The van der Waals surface area contributed by atoms with Gasteiger partial charge in [-0.2, -0.15) is 0 Å². The van der Waals surface area contributed by atoms with Gasteiger partial charge in [-0.05, 0) is 47.5 Å². The molecule has 0 fully saturated rings. The van der Waals surface area contributed by atoms with Crippen molar-refractivity contribution in [1.29, 1.82) is 0 Å². The van der Waals surface area contributed by atoms with E-state index in [0.29, 0.717) is 31.9 Å². The Labute approximate surface area is 163 Å². The number of hydrogen-bond donors (Lipinski definition) is 2. The minimum atomic E-state index is -0.221. The molecule has 2 heterocycles. The lowest BCUT2D eigenvalue weighted by Gasteiger charge is -2.27. The molecule has 0 spiro atoms. The van der Waals surface area contributed by atoms with Crippen molar-refractivity contribution in [1.82, 2.24) is 15.5 Å². The van der Waals surface area contributed by atoms with Gasteiger partial charge in [0.05, 0.1) is 0 Å². The van der Waals surface area contributed by atoms with Crippen LogP contribution in [0.25, 0.3) is 0 Å². The van der Waals surface area contributed by atoms with Crippen molar-refractivity contribution in [2.75, 3.05) is 26.7 Å². The summed E-state index contributed by atoms with van der Waals surface area (Å²) in [4.78, 5) is 19.9. The maximum atomic E-state index is 13.2. The summed E-state index contributed by atoms with van der Waals surface area (Å²) in [6.45, 7) is 2.70. The monoisotopic (exact) mass is 388 g/mol. The fourth-order valence-electron chi connectivity index (χ4n) is 3.15. The van der Waals surface area contributed by atoms with Crippen LogP contribution in [0.5, 0.6) is 0 Å². The van der Waals surface area contributed by atoms with Crippen LogP contribution < -0.4 is 10.6 Å². The second-order valence-corrected chi connectivity index (χ2v) is 7.49. The summed E-state index contributed by atoms with van der Waals surface area (Å²) in [5.41, 5.74) is 2.22. The summed E-state index contributed by atoms with van der Waals surface area (Å²) in [7, 11) is 1.70. The van der Waals surface area contributed by atoms with E-state index in [1.54, 1.807) is 24.5 Å². The number of hydrogen-bond acceptors (Lipinski definition) is 3. The van der Waals surface area contributed by atoms with Gasteiger partial charge in [-0.3, -0.25) is 9.79 Å². The van der Waals surface area contributed by atoms with E-state index in [4.69, 9.17) is 0 Å². The van der Waals surface area contributed by atoms with Gasteiger partial charge in [-0.1, -0.05) is 12.1 Å². The number of thiophene rings is 1. The number of aliphatic imine (C=N–C) groups is 1. The van der Waals surface area contributed by atoms with Gasteiger partial charge in [0, 0.05) is 44.5 Å². The lowest BCUT2D eigenvalue weighted by atomic mass is 10.1. The number of nitrogens with one attached hydrogen (secondary N) is 2. The second-order valence-electron chi connectivity index (χ2n) is 6.49. The number of guanidine groups is 1. The van der Waals surface area contributed by atoms with Gasteiger partial charge in [-0.15, -0.1) is 11.3 Å². The van der Waals surface area contributed by atoms with E-state index >= 15 is 0 Å². The summed E-state index contributed by atoms with van der Waals surface area (Å²) >= 11 is 1.78. The number of carbonyl (C=O) groups excluding carboxylic acids is 1. The predicted molar refractivity (Wildman–Crippen MR) is 108 cm³/mol. The zero-order valence-corrected chi connectivity index (χ0v) is 16.3. The minimum Gasteiger partial charge on any atom is -0.356 e. The third-order valence-corrected chi connectivity index (χ3v) is 5.63. The van der Waals surface area contributed by atoms with Crippen molar-refractivity contribution in [3.8, 4) is 0 Å². The zero-order valence-electron chi connectivity index (χ0n) is 15.5. The van der Waals surface area contributed by atoms with Crippen molar-refractivity contribution in [3.63, 3.8) is 0 Å². The quantitative estimate of drug-likeness (QED) is 0.591. The second kappa shape index (κ2) is 9.50. The fourth-order valence-corrected chi connectivity index (χ4v) is 4.04. The topological polar surface area (TPSA) is 56.7 Å². The predicted octanol–water partition coefficient (Wildman–Crippen LogP) is 2.57. The zero-order chi connectivity index (χ0) is 19.1. The molecule has 1 aromatic carbocycles. The molecule has 0 radical (unpaired) electrons. The number of carbonyl (C=O) groups is 1. The van der Waals surface area contributed by atoms with E-state index in [1.165, 1.54) is 22.6 Å². The molecule has 2 N–H and O–H groups in total. The molecule has 0 bridgehead atoms. The van der Waals surface area contributed by atoms with Gasteiger partial charge in [0.2, 0.25) is 5.91 Å². The van der Waals surface area contributed by atoms with Gasteiger partial charge in [0.25, 0.3) is 0 Å². The number of fused-ring (bicyclic) bond motifs is 1. The molecule has 1 amide bonds. The third kappa shape index (κ3) is 5.53. The Balaban J connectivity index is 1.36. The maximum absolute atomic E-state index is 13.2. The third-order valence-electron chi connectivity index (χ3n) is 4.61. The number of amides is 1. The van der Waals surface area contributed by atoms with Crippen LogP contribution in [0.4, 0.5) is 4.39 Å². The summed E-state index contributed by atoms with van der Waals surface area (Å²) in [5, 5.41) is 8.46. The smallest absolute Gasteiger partial charge is 0.224 e. The first-order valence-electron chi connectivity index (χ1n) is 9.17. The van der Waals surface area contributed by atoms with Gasteiger partial charge in [0.15, 0.2) is 5.96 Å². The first kappa shape index (κ1) is 19.4. The van der Waals surface area contributed by atoms with Crippen LogP contribution in [0.3, 0.4) is 0 Å². The largest absolute Gasteiger partial charge is 0.356 e. The average Bonchev–Trinajstić information content (AvgIpc) is 3.14. The first-order valence-corrected chi connectivity index (χ1v) is 10.1. The highest BCUT2D eigenvalue weighted by Crippen LogP contribution is 2.24. The van der Waals surface area contributed by atoms with Crippen LogP contribution in [0.2, 0.25) is 0 Å². The molecule has 1 aromatic heterocycles. The van der Waals surface area contributed by atoms with Crippen molar-refractivity contribution in [2.45, 2.75) is 25.8 Å².